The van der Waals surface area contributed by atoms with Crippen LogP contribution in [0.1, 0.15) is 49.2 Å². The van der Waals surface area contributed by atoms with Crippen molar-refractivity contribution in [2.24, 2.45) is 11.8 Å². The number of aromatic nitrogens is 2. The molecule has 1 aromatic carbocycles. The Morgan fingerprint density at radius 1 is 1.17 bits per heavy atom. The fourth-order valence-corrected chi connectivity index (χ4v) is 5.88. The second-order valence-electron chi connectivity index (χ2n) is 11.5. The minimum atomic E-state index is -1.10. The second kappa shape index (κ2) is 14.8. The van der Waals surface area contributed by atoms with E-state index in [1.165, 1.54) is 4.90 Å². The number of hydrogen-bond acceptors (Lipinski definition) is 6. The molecule has 0 radical (unpaired) electrons. The number of halogens is 1. The number of nitrogens with zero attached hydrogens (tertiary/aromatic N) is 5. The number of piperidine rings is 1. The summed E-state index contributed by atoms with van der Waals surface area (Å²) in [5, 5.41) is 10.4. The summed E-state index contributed by atoms with van der Waals surface area (Å²) in [7, 11) is 1.69. The summed E-state index contributed by atoms with van der Waals surface area (Å²) >= 11 is 6.54. The van der Waals surface area contributed by atoms with Crippen molar-refractivity contribution >= 4 is 29.5 Å². The molecular formula is C30H42ClN5O6. The quantitative estimate of drug-likeness (QED) is 0.388. The Labute approximate surface area is 252 Å². The number of carboxylic acid groups (broad SMARTS) is 1. The fraction of sp³-hybridized carbons (Fsp3) is 0.600. The fourth-order valence-electron chi connectivity index (χ4n) is 5.67. The van der Waals surface area contributed by atoms with Gasteiger partial charge in [0.05, 0.1) is 35.9 Å². The maximum absolute atomic E-state index is 14.0. The third-order valence-electron chi connectivity index (χ3n) is 7.79. The van der Waals surface area contributed by atoms with E-state index in [-0.39, 0.29) is 36.5 Å². The Bertz CT molecular complexity index is 1230. The minimum absolute atomic E-state index is 0.0905. The first-order valence-corrected chi connectivity index (χ1v) is 15.0. The van der Waals surface area contributed by atoms with Crippen LogP contribution in [0.5, 0.6) is 0 Å². The van der Waals surface area contributed by atoms with Gasteiger partial charge in [0.25, 0.3) is 5.91 Å². The lowest BCUT2D eigenvalue weighted by atomic mass is 9.91. The number of benzene rings is 1. The number of rotatable bonds is 11. The topological polar surface area (TPSA) is 117 Å². The van der Waals surface area contributed by atoms with Crippen LogP contribution < -0.4 is 0 Å². The number of carbonyl (C=O) groups is 3. The van der Waals surface area contributed by atoms with E-state index >= 15 is 0 Å². The first-order chi connectivity index (χ1) is 20.2. The summed E-state index contributed by atoms with van der Waals surface area (Å²) in [5.74, 6) is -0.811. The van der Waals surface area contributed by atoms with Crippen molar-refractivity contribution in [2.45, 2.75) is 45.6 Å². The van der Waals surface area contributed by atoms with Gasteiger partial charge in [-0.2, -0.15) is 0 Å². The Morgan fingerprint density at radius 3 is 2.62 bits per heavy atom. The largest absolute Gasteiger partial charge is 0.465 e. The third-order valence-corrected chi connectivity index (χ3v) is 8.11. The number of morpholine rings is 1. The lowest BCUT2D eigenvalue weighted by Crippen LogP contribution is -2.58. The van der Waals surface area contributed by atoms with Gasteiger partial charge in [-0.25, -0.2) is 9.78 Å². The molecule has 0 aliphatic carbocycles. The third kappa shape index (κ3) is 8.02. The first kappa shape index (κ1) is 31.8. The lowest BCUT2D eigenvalue weighted by Gasteiger charge is -2.43. The van der Waals surface area contributed by atoms with Gasteiger partial charge in [-0.3, -0.25) is 9.59 Å². The van der Waals surface area contributed by atoms with E-state index in [1.54, 1.807) is 34.0 Å². The number of likely N-dealkylation sites (tertiary alicyclic amines) is 1. The highest BCUT2D eigenvalue weighted by molar-refractivity contribution is 6.32. The SMILES string of the molecule is COCCCCc1ccc(Cl)c(-n2cnc(C(=O)N(CC(C)C)[C@H]3C[C@@H](C(=O)N4CCOCC4)CN(C(=O)O)C3)c2)c1. The van der Waals surface area contributed by atoms with Crippen LogP contribution in [-0.4, -0.2) is 113 Å². The van der Waals surface area contributed by atoms with Crippen LogP contribution in [-0.2, 0) is 20.7 Å². The number of amides is 3. The average molecular weight is 604 g/mol. The van der Waals surface area contributed by atoms with E-state index in [0.29, 0.717) is 50.9 Å². The van der Waals surface area contributed by atoms with E-state index < -0.39 is 18.1 Å². The van der Waals surface area contributed by atoms with Gasteiger partial charge < -0.3 is 33.8 Å². The Kier molecular flexibility index (Phi) is 11.2. The van der Waals surface area contributed by atoms with E-state index in [1.807, 2.05) is 32.0 Å². The van der Waals surface area contributed by atoms with E-state index in [2.05, 4.69) is 4.98 Å². The molecule has 2 atom stereocenters. The molecule has 230 valence electrons. The van der Waals surface area contributed by atoms with Crippen molar-refractivity contribution in [3.05, 3.63) is 47.0 Å². The molecule has 3 amide bonds. The van der Waals surface area contributed by atoms with Gasteiger partial charge in [-0.1, -0.05) is 31.5 Å². The maximum atomic E-state index is 14.0. The molecule has 2 aromatic rings. The smallest absolute Gasteiger partial charge is 0.407 e. The van der Waals surface area contributed by atoms with Gasteiger partial charge in [0.15, 0.2) is 0 Å². The summed E-state index contributed by atoms with van der Waals surface area (Å²) in [6, 6.07) is 5.38. The Balaban J connectivity index is 1.55. The van der Waals surface area contributed by atoms with E-state index in [9.17, 15) is 19.5 Å². The molecule has 0 spiro atoms. The molecule has 0 bridgehead atoms. The van der Waals surface area contributed by atoms with Crippen molar-refractivity contribution in [2.75, 3.05) is 59.7 Å². The highest BCUT2D eigenvalue weighted by atomic mass is 35.5. The molecule has 11 nitrogen and oxygen atoms in total. The van der Waals surface area contributed by atoms with Crippen LogP contribution in [0.3, 0.4) is 0 Å². The van der Waals surface area contributed by atoms with Crippen LogP contribution in [0.15, 0.2) is 30.7 Å². The number of aryl methyl sites for hydroxylation is 1. The second-order valence-corrected chi connectivity index (χ2v) is 11.9. The number of ether oxygens (including phenoxy) is 2. The summed E-state index contributed by atoms with van der Waals surface area (Å²) in [6.45, 7) is 7.27. The number of carbonyl (C=O) groups excluding carboxylic acids is 2. The average Bonchev–Trinajstić information content (AvgIpc) is 3.48. The molecule has 2 aliphatic heterocycles. The highest BCUT2D eigenvalue weighted by Gasteiger charge is 2.40. The zero-order valence-electron chi connectivity index (χ0n) is 24.7. The Morgan fingerprint density at radius 2 is 1.93 bits per heavy atom. The molecule has 12 heteroatoms. The van der Waals surface area contributed by atoms with E-state index in [0.717, 1.165) is 30.5 Å². The normalized spacial score (nSPS) is 19.3. The molecule has 0 saturated carbocycles. The number of imidazole rings is 1. The monoisotopic (exact) mass is 603 g/mol. The molecule has 2 saturated heterocycles. The summed E-state index contributed by atoms with van der Waals surface area (Å²) in [4.78, 5) is 48.6. The number of unbranched alkanes of at least 4 members (excludes halogenated alkanes) is 1. The molecule has 2 fully saturated rings. The van der Waals surface area contributed by atoms with Gasteiger partial charge in [0.1, 0.15) is 12.0 Å². The molecule has 0 unspecified atom stereocenters. The molecule has 4 rings (SSSR count). The van der Waals surface area contributed by atoms with Crippen molar-refractivity contribution in [1.29, 1.82) is 0 Å². The highest BCUT2D eigenvalue weighted by Crippen LogP contribution is 2.27. The molecule has 1 N–H and O–H groups in total. The van der Waals surface area contributed by atoms with E-state index in [4.69, 9.17) is 21.1 Å². The molecule has 2 aliphatic rings. The molecule has 42 heavy (non-hydrogen) atoms. The van der Waals surface area contributed by atoms with Crippen LogP contribution in [0.4, 0.5) is 4.79 Å². The zero-order chi connectivity index (χ0) is 30.2. The van der Waals surface area contributed by atoms with Gasteiger partial charge in [-0.05, 0) is 49.3 Å². The summed E-state index contributed by atoms with van der Waals surface area (Å²) < 4.78 is 12.3. The standard InChI is InChI=1S/C30H42ClN5O6/c1-21(2)16-36(24-15-23(17-34(18-24)30(39)40)28(37)33-9-12-42-13-10-33)29(38)26-19-35(20-32-26)27-14-22(7-8-25(27)31)6-4-5-11-41-3/h7-8,14,19-21,23-24H,4-6,9-13,15-18H2,1-3H3,(H,39,40)/t23-,24+/m1/s1. The van der Waals surface area contributed by atoms with Gasteiger partial charge in [-0.15, -0.1) is 0 Å². The lowest BCUT2D eigenvalue weighted by molar-refractivity contribution is -0.142. The molecule has 3 heterocycles. The van der Waals surface area contributed by atoms with Crippen molar-refractivity contribution in [1.82, 2.24) is 24.3 Å². The van der Waals surface area contributed by atoms with Crippen LogP contribution in [0, 0.1) is 11.8 Å². The van der Waals surface area contributed by atoms with Crippen molar-refractivity contribution in [3.63, 3.8) is 0 Å². The predicted molar refractivity (Wildman–Crippen MR) is 158 cm³/mol. The van der Waals surface area contributed by atoms with Crippen LogP contribution in [0.2, 0.25) is 5.02 Å². The van der Waals surface area contributed by atoms with Gasteiger partial charge >= 0.3 is 6.09 Å². The molecule has 1 aromatic heterocycles. The number of methoxy groups -OCH3 is 1. The van der Waals surface area contributed by atoms with Crippen LogP contribution >= 0.6 is 11.6 Å². The molecular weight excluding hydrogens is 562 g/mol. The maximum Gasteiger partial charge on any atom is 0.407 e. The van der Waals surface area contributed by atoms with Gasteiger partial charge in [0.2, 0.25) is 5.91 Å². The Hall–Kier alpha value is -3.15. The zero-order valence-corrected chi connectivity index (χ0v) is 25.5. The summed E-state index contributed by atoms with van der Waals surface area (Å²) in [6.07, 6.45) is 5.35. The predicted octanol–water partition coefficient (Wildman–Crippen LogP) is 3.82. The first-order valence-electron chi connectivity index (χ1n) is 14.6. The van der Waals surface area contributed by atoms with Gasteiger partial charge in [0, 0.05) is 52.6 Å². The number of hydrogen-bond donors (Lipinski definition) is 1. The van der Waals surface area contributed by atoms with Crippen molar-refractivity contribution in [3.8, 4) is 5.69 Å². The summed E-state index contributed by atoms with van der Waals surface area (Å²) in [5.41, 5.74) is 2.09. The van der Waals surface area contributed by atoms with Crippen LogP contribution in [0.25, 0.3) is 5.69 Å². The van der Waals surface area contributed by atoms with Crippen molar-refractivity contribution < 1.29 is 29.0 Å². The minimum Gasteiger partial charge on any atom is -0.465 e.